The second kappa shape index (κ2) is 3.92. The van der Waals surface area contributed by atoms with Crippen LogP contribution in [-0.2, 0) is 4.79 Å². The molecule has 0 spiro atoms. The Morgan fingerprint density at radius 1 is 1.42 bits per heavy atom. The largest absolute Gasteiger partial charge is 0.280 e. The molecular weight excluding hydrogens is 199 g/mol. The third-order valence-electron chi connectivity index (χ3n) is 1.40. The van der Waals surface area contributed by atoms with E-state index in [0.29, 0.717) is 5.56 Å². The molecule has 1 nitrogen and oxygen atoms in total. The van der Waals surface area contributed by atoms with Gasteiger partial charge in [0.1, 0.15) is 11.1 Å². The molecule has 0 bridgehead atoms. The van der Waals surface area contributed by atoms with Crippen LogP contribution in [0, 0.1) is 5.82 Å². The van der Waals surface area contributed by atoms with Crippen LogP contribution in [0.4, 0.5) is 4.39 Å². The molecular formula is C8H6ClFOS. The highest BCUT2D eigenvalue weighted by Gasteiger charge is 2.12. The first-order valence-corrected chi connectivity index (χ1v) is 4.13. The fraction of sp³-hybridized carbons (Fsp3) is 0.125. The van der Waals surface area contributed by atoms with Gasteiger partial charge in [-0.3, -0.25) is 4.79 Å². The van der Waals surface area contributed by atoms with Gasteiger partial charge in [0, 0.05) is 0 Å². The Morgan fingerprint density at radius 2 is 1.92 bits per heavy atom. The van der Waals surface area contributed by atoms with Crippen LogP contribution in [-0.4, -0.2) is 5.24 Å². The molecule has 0 amide bonds. The highest BCUT2D eigenvalue weighted by molar-refractivity contribution is 7.81. The van der Waals surface area contributed by atoms with Crippen LogP contribution in [0.3, 0.4) is 0 Å². The van der Waals surface area contributed by atoms with E-state index in [0.717, 1.165) is 0 Å². The zero-order chi connectivity index (χ0) is 9.14. The maximum Gasteiger partial charge on any atom is 0.238 e. The Kier molecular flexibility index (Phi) is 3.12. The highest BCUT2D eigenvalue weighted by atomic mass is 35.5. The van der Waals surface area contributed by atoms with Crippen molar-refractivity contribution in [2.24, 2.45) is 0 Å². The second-order valence-corrected chi connectivity index (χ2v) is 3.15. The van der Waals surface area contributed by atoms with E-state index in [1.807, 2.05) is 0 Å². The molecule has 0 aromatic heterocycles. The first-order valence-electron chi connectivity index (χ1n) is 3.24. The summed E-state index contributed by atoms with van der Waals surface area (Å²) >= 11 is 9.14. The van der Waals surface area contributed by atoms with Crippen LogP contribution < -0.4 is 0 Å². The number of rotatable bonds is 2. The van der Waals surface area contributed by atoms with E-state index < -0.39 is 10.5 Å². The minimum atomic E-state index is -0.674. The zero-order valence-corrected chi connectivity index (χ0v) is 7.65. The smallest absolute Gasteiger partial charge is 0.238 e. The minimum Gasteiger partial charge on any atom is -0.280 e. The Bertz CT molecular complexity index is 286. The molecule has 4 heteroatoms. The van der Waals surface area contributed by atoms with Crippen molar-refractivity contribution in [1.82, 2.24) is 0 Å². The molecule has 0 aliphatic carbocycles. The van der Waals surface area contributed by atoms with Gasteiger partial charge in [-0.15, -0.1) is 0 Å². The second-order valence-electron chi connectivity index (χ2n) is 2.26. The Balaban J connectivity index is 2.89. The molecule has 0 saturated carbocycles. The van der Waals surface area contributed by atoms with Crippen molar-refractivity contribution in [3.63, 3.8) is 0 Å². The number of carbonyl (C=O) groups is 1. The molecule has 0 radical (unpaired) electrons. The summed E-state index contributed by atoms with van der Waals surface area (Å²) < 4.78 is 12.4. The first-order chi connectivity index (χ1) is 5.61. The Hall–Kier alpha value is -0.540. The van der Waals surface area contributed by atoms with E-state index in [-0.39, 0.29) is 5.82 Å². The van der Waals surface area contributed by atoms with E-state index in [1.165, 1.54) is 24.3 Å². The lowest BCUT2D eigenvalue weighted by Gasteiger charge is -2.04. The number of halogens is 2. The number of benzene rings is 1. The summed E-state index contributed by atoms with van der Waals surface area (Å²) in [6.45, 7) is 0. The van der Waals surface area contributed by atoms with E-state index in [2.05, 4.69) is 12.6 Å². The van der Waals surface area contributed by atoms with Gasteiger partial charge in [0.05, 0.1) is 0 Å². The lowest BCUT2D eigenvalue weighted by molar-refractivity contribution is -0.111. The predicted molar refractivity (Wildman–Crippen MR) is 49.0 cm³/mol. The van der Waals surface area contributed by atoms with Gasteiger partial charge in [0.15, 0.2) is 0 Å². The Morgan fingerprint density at radius 3 is 2.33 bits per heavy atom. The van der Waals surface area contributed by atoms with Crippen molar-refractivity contribution >= 4 is 29.5 Å². The number of thiol groups is 1. The van der Waals surface area contributed by atoms with Crippen molar-refractivity contribution in [3.05, 3.63) is 35.6 Å². The molecule has 0 N–H and O–H groups in total. The molecule has 12 heavy (non-hydrogen) atoms. The summed E-state index contributed by atoms with van der Waals surface area (Å²) in [4.78, 5) is 10.6. The lowest BCUT2D eigenvalue weighted by Crippen LogP contribution is -1.98. The Labute approximate surface area is 79.9 Å². The van der Waals surface area contributed by atoms with E-state index in [1.54, 1.807) is 0 Å². The average Bonchev–Trinajstić information content (AvgIpc) is 2.04. The summed E-state index contributed by atoms with van der Waals surface area (Å²) in [5.74, 6) is -0.346. The quantitative estimate of drug-likeness (QED) is 0.579. The van der Waals surface area contributed by atoms with Crippen LogP contribution in [0.1, 0.15) is 10.8 Å². The van der Waals surface area contributed by atoms with Gasteiger partial charge in [0.2, 0.25) is 5.24 Å². The molecule has 1 unspecified atom stereocenters. The predicted octanol–water partition coefficient (Wildman–Crippen LogP) is 2.56. The lowest BCUT2D eigenvalue weighted by atomic mass is 10.1. The monoisotopic (exact) mass is 204 g/mol. The third-order valence-corrected chi connectivity index (χ3v) is 2.30. The van der Waals surface area contributed by atoms with Crippen LogP contribution in [0.2, 0.25) is 0 Å². The zero-order valence-electron chi connectivity index (χ0n) is 6.00. The van der Waals surface area contributed by atoms with Gasteiger partial charge in [-0.1, -0.05) is 12.1 Å². The topological polar surface area (TPSA) is 17.1 Å². The van der Waals surface area contributed by atoms with Gasteiger partial charge in [0.25, 0.3) is 0 Å². The molecule has 1 atom stereocenters. The van der Waals surface area contributed by atoms with Gasteiger partial charge >= 0.3 is 0 Å². The molecule has 0 aliphatic rings. The van der Waals surface area contributed by atoms with Crippen LogP contribution in [0.15, 0.2) is 24.3 Å². The van der Waals surface area contributed by atoms with Crippen LogP contribution in [0.5, 0.6) is 0 Å². The van der Waals surface area contributed by atoms with Gasteiger partial charge < -0.3 is 0 Å². The fourth-order valence-electron chi connectivity index (χ4n) is 0.776. The van der Waals surface area contributed by atoms with Crippen molar-refractivity contribution in [2.75, 3.05) is 0 Å². The summed E-state index contributed by atoms with van der Waals surface area (Å²) in [6.07, 6.45) is 0. The molecule has 1 aromatic rings. The average molecular weight is 205 g/mol. The van der Waals surface area contributed by atoms with Gasteiger partial charge in [-0.25, -0.2) is 4.39 Å². The van der Waals surface area contributed by atoms with Crippen molar-refractivity contribution < 1.29 is 9.18 Å². The van der Waals surface area contributed by atoms with E-state index in [9.17, 15) is 9.18 Å². The van der Waals surface area contributed by atoms with Crippen molar-refractivity contribution in [2.45, 2.75) is 5.25 Å². The third kappa shape index (κ3) is 2.22. The molecule has 0 fully saturated rings. The van der Waals surface area contributed by atoms with Crippen LogP contribution in [0.25, 0.3) is 0 Å². The molecule has 1 rings (SSSR count). The number of carbonyl (C=O) groups excluding carboxylic acids is 1. The summed E-state index contributed by atoms with van der Waals surface area (Å²) in [7, 11) is 0. The standard InChI is InChI=1S/C8H6ClFOS/c9-8(11)7(12)5-1-3-6(10)4-2-5/h1-4,7,12H. The maximum atomic E-state index is 12.4. The summed E-state index contributed by atoms with van der Waals surface area (Å²) in [5.41, 5.74) is 0.597. The van der Waals surface area contributed by atoms with Crippen molar-refractivity contribution in [3.8, 4) is 0 Å². The van der Waals surface area contributed by atoms with E-state index >= 15 is 0 Å². The maximum absolute atomic E-state index is 12.4. The normalized spacial score (nSPS) is 12.6. The van der Waals surface area contributed by atoms with E-state index in [4.69, 9.17) is 11.6 Å². The first kappa shape index (κ1) is 9.55. The molecule has 0 aliphatic heterocycles. The van der Waals surface area contributed by atoms with Gasteiger partial charge in [-0.2, -0.15) is 12.6 Å². The van der Waals surface area contributed by atoms with Crippen molar-refractivity contribution in [1.29, 1.82) is 0 Å². The minimum absolute atomic E-state index is 0.346. The molecule has 0 saturated heterocycles. The fourth-order valence-corrected chi connectivity index (χ4v) is 1.07. The van der Waals surface area contributed by atoms with Gasteiger partial charge in [-0.05, 0) is 29.3 Å². The number of hydrogen-bond acceptors (Lipinski definition) is 2. The molecule has 0 heterocycles. The summed E-state index contributed by atoms with van der Waals surface area (Å²) in [6, 6.07) is 5.48. The number of hydrogen-bond donors (Lipinski definition) is 1. The van der Waals surface area contributed by atoms with Crippen LogP contribution >= 0.6 is 24.2 Å². The summed E-state index contributed by atoms with van der Waals surface area (Å²) in [5, 5.41) is -1.24. The highest BCUT2D eigenvalue weighted by Crippen LogP contribution is 2.22. The molecule has 64 valence electrons. The SMILES string of the molecule is O=C(Cl)C(S)c1ccc(F)cc1. The molecule has 1 aromatic carbocycles.